The maximum absolute atomic E-state index is 12.9. The topological polar surface area (TPSA) is 71.5 Å². The van der Waals surface area contributed by atoms with Gasteiger partial charge in [0.25, 0.3) is 0 Å². The number of carbonyl (C=O) groups is 2. The molecule has 1 aromatic carbocycles. The molecular formula is C20H27N3O3S. The molecule has 6 nitrogen and oxygen atoms in total. The van der Waals surface area contributed by atoms with Crippen molar-refractivity contribution in [1.82, 2.24) is 10.3 Å². The number of amides is 2. The number of hydrogen-bond acceptors (Lipinski definition) is 5. The quantitative estimate of drug-likeness (QED) is 0.822. The molecule has 1 saturated heterocycles. The number of fused-ring (bicyclic) bond motifs is 1. The van der Waals surface area contributed by atoms with E-state index in [0.717, 1.165) is 29.7 Å². The third-order valence-electron chi connectivity index (χ3n) is 4.53. The van der Waals surface area contributed by atoms with Gasteiger partial charge in [-0.25, -0.2) is 4.98 Å². The van der Waals surface area contributed by atoms with E-state index in [4.69, 9.17) is 4.74 Å². The van der Waals surface area contributed by atoms with E-state index >= 15 is 0 Å². The second kappa shape index (κ2) is 8.35. The van der Waals surface area contributed by atoms with Crippen LogP contribution in [0.15, 0.2) is 24.3 Å². The van der Waals surface area contributed by atoms with Crippen LogP contribution in [0.4, 0.5) is 5.13 Å². The number of ether oxygens (including phenoxy) is 1. The van der Waals surface area contributed by atoms with Crippen molar-refractivity contribution in [1.29, 1.82) is 0 Å². The normalized spacial score (nSPS) is 17.2. The number of aromatic nitrogens is 1. The molecule has 1 aliphatic rings. The molecule has 0 aliphatic carbocycles. The highest BCUT2D eigenvalue weighted by molar-refractivity contribution is 7.22. The summed E-state index contributed by atoms with van der Waals surface area (Å²) < 4.78 is 6.78. The lowest BCUT2D eigenvalue weighted by atomic mass is 9.96. The Morgan fingerprint density at radius 3 is 2.78 bits per heavy atom. The van der Waals surface area contributed by atoms with Gasteiger partial charge in [-0.05, 0) is 25.0 Å². The zero-order valence-corrected chi connectivity index (χ0v) is 17.0. The molecule has 1 atom stereocenters. The number of hydrogen-bond donors (Lipinski definition) is 1. The molecule has 2 aromatic rings. The highest BCUT2D eigenvalue weighted by atomic mass is 32.1. The van der Waals surface area contributed by atoms with Gasteiger partial charge in [0, 0.05) is 25.0 Å². The van der Waals surface area contributed by atoms with Crippen molar-refractivity contribution < 1.29 is 14.3 Å². The molecule has 2 heterocycles. The van der Waals surface area contributed by atoms with Crippen molar-refractivity contribution in [2.24, 2.45) is 5.41 Å². The lowest BCUT2D eigenvalue weighted by molar-refractivity contribution is -0.128. The van der Waals surface area contributed by atoms with Crippen molar-refractivity contribution in [2.75, 3.05) is 24.6 Å². The first-order chi connectivity index (χ1) is 12.8. The minimum atomic E-state index is -0.465. The van der Waals surface area contributed by atoms with Crippen molar-refractivity contribution in [3.63, 3.8) is 0 Å². The SMILES string of the molecule is CC(C)(C)C(=O)NCCC(=O)N(CC1CCCO1)c1nc2ccccc2s1. The number of nitrogens with zero attached hydrogens (tertiary/aromatic N) is 2. The highest BCUT2D eigenvalue weighted by Crippen LogP contribution is 2.30. The van der Waals surface area contributed by atoms with Crippen LogP contribution in [0.2, 0.25) is 0 Å². The van der Waals surface area contributed by atoms with Crippen LogP contribution >= 0.6 is 11.3 Å². The number of nitrogens with one attached hydrogen (secondary N) is 1. The molecule has 1 unspecified atom stereocenters. The fourth-order valence-electron chi connectivity index (χ4n) is 2.94. The molecule has 1 fully saturated rings. The van der Waals surface area contributed by atoms with Crippen molar-refractivity contribution in [3.8, 4) is 0 Å². The molecule has 0 saturated carbocycles. The largest absolute Gasteiger partial charge is 0.376 e. The van der Waals surface area contributed by atoms with Crippen LogP contribution in [0.3, 0.4) is 0 Å². The van der Waals surface area contributed by atoms with E-state index < -0.39 is 5.41 Å². The number of carbonyl (C=O) groups excluding carboxylic acids is 2. The predicted molar refractivity (Wildman–Crippen MR) is 108 cm³/mol. The van der Waals surface area contributed by atoms with Gasteiger partial charge in [0.05, 0.1) is 22.9 Å². The van der Waals surface area contributed by atoms with Gasteiger partial charge in [-0.2, -0.15) is 0 Å². The first-order valence-electron chi connectivity index (χ1n) is 9.40. The zero-order chi connectivity index (χ0) is 19.4. The van der Waals surface area contributed by atoms with E-state index in [1.54, 1.807) is 4.90 Å². The summed E-state index contributed by atoms with van der Waals surface area (Å²) in [5, 5.41) is 3.54. The molecule has 7 heteroatoms. The third-order valence-corrected chi connectivity index (χ3v) is 5.59. The lowest BCUT2D eigenvalue weighted by Crippen LogP contribution is -2.41. The summed E-state index contributed by atoms with van der Waals surface area (Å²) in [6.45, 7) is 7.14. The second-order valence-electron chi connectivity index (χ2n) is 7.86. The van der Waals surface area contributed by atoms with Crippen LogP contribution in [0.5, 0.6) is 0 Å². The summed E-state index contributed by atoms with van der Waals surface area (Å²) in [5.74, 6) is -0.0975. The summed E-state index contributed by atoms with van der Waals surface area (Å²) in [6.07, 6.45) is 2.26. The fraction of sp³-hybridized carbons (Fsp3) is 0.550. The van der Waals surface area contributed by atoms with Gasteiger partial charge in [-0.3, -0.25) is 14.5 Å². The average molecular weight is 390 g/mol. The average Bonchev–Trinajstić information content (AvgIpc) is 3.27. The molecule has 0 spiro atoms. The summed E-state index contributed by atoms with van der Waals surface area (Å²) in [7, 11) is 0. The third kappa shape index (κ3) is 5.05. The number of thiazole rings is 1. The summed E-state index contributed by atoms with van der Waals surface area (Å²) in [5.41, 5.74) is 0.427. The van der Waals surface area contributed by atoms with Gasteiger partial charge in [-0.1, -0.05) is 44.2 Å². The molecule has 27 heavy (non-hydrogen) atoms. The Bertz CT molecular complexity index is 773. The molecular weight excluding hydrogens is 362 g/mol. The zero-order valence-electron chi connectivity index (χ0n) is 16.2. The number of para-hydroxylation sites is 1. The first-order valence-corrected chi connectivity index (χ1v) is 10.2. The van der Waals surface area contributed by atoms with Crippen LogP contribution in [-0.2, 0) is 14.3 Å². The van der Waals surface area contributed by atoms with Crippen molar-refractivity contribution >= 4 is 38.5 Å². The Morgan fingerprint density at radius 2 is 2.11 bits per heavy atom. The second-order valence-corrected chi connectivity index (χ2v) is 8.87. The molecule has 1 N–H and O–H groups in total. The van der Waals surface area contributed by atoms with E-state index in [1.807, 2.05) is 45.0 Å². The monoisotopic (exact) mass is 389 g/mol. The minimum absolute atomic E-state index is 0.0428. The van der Waals surface area contributed by atoms with E-state index in [0.29, 0.717) is 18.2 Å². The Labute approximate surface area is 163 Å². The van der Waals surface area contributed by atoms with Crippen LogP contribution in [0, 0.1) is 5.41 Å². The van der Waals surface area contributed by atoms with Gasteiger partial charge < -0.3 is 10.1 Å². The van der Waals surface area contributed by atoms with Crippen LogP contribution in [0.1, 0.15) is 40.0 Å². The van der Waals surface area contributed by atoms with Crippen molar-refractivity contribution in [2.45, 2.75) is 46.1 Å². The number of anilines is 1. The van der Waals surface area contributed by atoms with Crippen LogP contribution in [-0.4, -0.2) is 42.6 Å². The predicted octanol–water partition coefficient (Wildman–Crippen LogP) is 3.36. The lowest BCUT2D eigenvalue weighted by Gasteiger charge is -2.23. The van der Waals surface area contributed by atoms with Crippen LogP contribution < -0.4 is 10.2 Å². The highest BCUT2D eigenvalue weighted by Gasteiger charge is 2.26. The standard InChI is InChI=1S/C20H27N3O3S/c1-20(2,3)18(25)21-11-10-17(24)23(13-14-7-6-12-26-14)19-22-15-8-4-5-9-16(15)27-19/h4-5,8-9,14H,6-7,10-13H2,1-3H3,(H,21,25). The van der Waals surface area contributed by atoms with Gasteiger partial charge in [-0.15, -0.1) is 0 Å². The maximum Gasteiger partial charge on any atom is 0.230 e. The van der Waals surface area contributed by atoms with E-state index in [2.05, 4.69) is 10.3 Å². The Kier molecular flexibility index (Phi) is 6.11. The Hall–Kier alpha value is -1.99. The molecule has 0 radical (unpaired) electrons. The summed E-state index contributed by atoms with van der Waals surface area (Å²) in [6, 6.07) is 7.88. The van der Waals surface area contributed by atoms with E-state index in [-0.39, 0.29) is 24.3 Å². The van der Waals surface area contributed by atoms with E-state index in [1.165, 1.54) is 11.3 Å². The molecule has 3 rings (SSSR count). The van der Waals surface area contributed by atoms with Gasteiger partial charge >= 0.3 is 0 Å². The number of rotatable bonds is 6. The molecule has 146 valence electrons. The van der Waals surface area contributed by atoms with Gasteiger partial charge in [0.15, 0.2) is 5.13 Å². The van der Waals surface area contributed by atoms with Gasteiger partial charge in [0.2, 0.25) is 11.8 Å². The molecule has 0 bridgehead atoms. The Balaban J connectivity index is 1.71. The molecule has 1 aliphatic heterocycles. The first kappa shape index (κ1) is 19.8. The van der Waals surface area contributed by atoms with E-state index in [9.17, 15) is 9.59 Å². The minimum Gasteiger partial charge on any atom is -0.376 e. The summed E-state index contributed by atoms with van der Waals surface area (Å²) >= 11 is 1.51. The molecule has 2 amide bonds. The molecule has 1 aromatic heterocycles. The van der Waals surface area contributed by atoms with Gasteiger partial charge in [0.1, 0.15) is 0 Å². The number of benzene rings is 1. The smallest absolute Gasteiger partial charge is 0.230 e. The van der Waals surface area contributed by atoms with Crippen molar-refractivity contribution in [3.05, 3.63) is 24.3 Å². The fourth-order valence-corrected chi connectivity index (χ4v) is 3.93. The van der Waals surface area contributed by atoms with Crippen LogP contribution in [0.25, 0.3) is 10.2 Å². The summed E-state index contributed by atoms with van der Waals surface area (Å²) in [4.78, 5) is 31.3. The Morgan fingerprint density at radius 1 is 1.33 bits per heavy atom. The maximum atomic E-state index is 12.9.